The molecular weight excluding hydrogens is 380 g/mol. The smallest absolute Gasteiger partial charge is 0.185 e. The van der Waals surface area contributed by atoms with Crippen molar-refractivity contribution in [2.45, 2.75) is 63.6 Å². The molecule has 1 atom stereocenters. The van der Waals surface area contributed by atoms with Gasteiger partial charge in [0.05, 0.1) is 0 Å². The highest BCUT2D eigenvalue weighted by Gasteiger charge is 2.18. The molecule has 0 heterocycles. The number of phenols is 1. The first-order chi connectivity index (χ1) is 13.9. The third kappa shape index (κ3) is 6.14. The SMILES string of the molecule is Cc1cc(C=CC(=O)c2ccc(OC(C)SC3CCCCC3)cc2)cc(C)c1O. The van der Waals surface area contributed by atoms with Gasteiger partial charge in [-0.15, -0.1) is 11.8 Å². The van der Waals surface area contributed by atoms with Crippen LogP contribution in [0, 0.1) is 13.8 Å². The Morgan fingerprint density at radius 3 is 2.34 bits per heavy atom. The van der Waals surface area contributed by atoms with E-state index in [2.05, 4.69) is 6.92 Å². The number of hydrogen-bond acceptors (Lipinski definition) is 4. The predicted octanol–water partition coefficient (Wildman–Crippen LogP) is 6.70. The van der Waals surface area contributed by atoms with Gasteiger partial charge >= 0.3 is 0 Å². The number of carbonyl (C=O) groups excluding carboxylic acids is 1. The van der Waals surface area contributed by atoms with Gasteiger partial charge in [0.25, 0.3) is 0 Å². The van der Waals surface area contributed by atoms with Crippen LogP contribution in [0.2, 0.25) is 0 Å². The van der Waals surface area contributed by atoms with Crippen molar-refractivity contribution in [3.63, 3.8) is 0 Å². The molecule has 0 aromatic heterocycles. The quantitative estimate of drug-likeness (QED) is 0.313. The Balaban J connectivity index is 1.57. The topological polar surface area (TPSA) is 46.5 Å². The van der Waals surface area contributed by atoms with Gasteiger partial charge < -0.3 is 9.84 Å². The lowest BCUT2D eigenvalue weighted by Gasteiger charge is -2.24. The largest absolute Gasteiger partial charge is 0.507 e. The lowest BCUT2D eigenvalue weighted by molar-refractivity contribution is 0.104. The minimum atomic E-state index is -0.0513. The molecule has 2 aromatic carbocycles. The van der Waals surface area contributed by atoms with Gasteiger partial charge in [0.15, 0.2) is 5.78 Å². The van der Waals surface area contributed by atoms with Crippen LogP contribution >= 0.6 is 11.8 Å². The molecule has 1 aliphatic rings. The van der Waals surface area contributed by atoms with Gasteiger partial charge in [0.1, 0.15) is 16.9 Å². The summed E-state index contributed by atoms with van der Waals surface area (Å²) < 4.78 is 6.03. The summed E-state index contributed by atoms with van der Waals surface area (Å²) in [4.78, 5) is 12.5. The average molecular weight is 411 g/mol. The highest BCUT2D eigenvalue weighted by atomic mass is 32.2. The molecule has 3 nitrogen and oxygen atoms in total. The van der Waals surface area contributed by atoms with Crippen LogP contribution < -0.4 is 4.74 Å². The van der Waals surface area contributed by atoms with Crippen LogP contribution in [0.25, 0.3) is 6.08 Å². The summed E-state index contributed by atoms with van der Waals surface area (Å²) in [7, 11) is 0. The van der Waals surface area contributed by atoms with E-state index < -0.39 is 0 Å². The fourth-order valence-corrected chi connectivity index (χ4v) is 5.06. The molecule has 0 saturated heterocycles. The zero-order valence-electron chi connectivity index (χ0n) is 17.5. The summed E-state index contributed by atoms with van der Waals surface area (Å²) >= 11 is 1.92. The Bertz CT molecular complexity index is 841. The highest BCUT2D eigenvalue weighted by molar-refractivity contribution is 8.00. The summed E-state index contributed by atoms with van der Waals surface area (Å²) in [6.07, 6.45) is 9.96. The van der Waals surface area contributed by atoms with E-state index >= 15 is 0 Å². The zero-order valence-corrected chi connectivity index (χ0v) is 18.3. The fraction of sp³-hybridized carbons (Fsp3) is 0.400. The standard InChI is InChI=1S/C25H30O3S/c1-17-15-20(16-18(2)25(17)27)9-14-24(26)21-10-12-22(13-11-21)28-19(3)29-23-7-5-4-6-8-23/h9-16,19,23,27H,4-8H2,1-3H3. The monoisotopic (exact) mass is 410 g/mol. The second kappa shape index (κ2) is 10.0. The van der Waals surface area contributed by atoms with E-state index in [1.165, 1.54) is 32.1 Å². The predicted molar refractivity (Wildman–Crippen MR) is 122 cm³/mol. The van der Waals surface area contributed by atoms with Crippen molar-refractivity contribution in [3.8, 4) is 11.5 Å². The zero-order chi connectivity index (χ0) is 20.8. The lowest BCUT2D eigenvalue weighted by atomic mass is 10.0. The van der Waals surface area contributed by atoms with Gasteiger partial charge in [-0.1, -0.05) is 25.3 Å². The van der Waals surface area contributed by atoms with Crippen LogP contribution in [0.4, 0.5) is 0 Å². The molecule has 1 fully saturated rings. The lowest BCUT2D eigenvalue weighted by Crippen LogP contribution is -2.16. The van der Waals surface area contributed by atoms with Crippen LogP contribution in [0.5, 0.6) is 11.5 Å². The Morgan fingerprint density at radius 2 is 1.72 bits per heavy atom. The Kier molecular flexibility index (Phi) is 7.43. The average Bonchev–Trinajstić information content (AvgIpc) is 2.71. The molecule has 154 valence electrons. The van der Waals surface area contributed by atoms with Crippen molar-refractivity contribution in [1.82, 2.24) is 0 Å². The maximum absolute atomic E-state index is 12.5. The van der Waals surface area contributed by atoms with Crippen molar-refractivity contribution in [1.29, 1.82) is 0 Å². The molecule has 0 radical (unpaired) electrons. The van der Waals surface area contributed by atoms with E-state index in [-0.39, 0.29) is 11.2 Å². The first kappa shape index (κ1) is 21.5. The van der Waals surface area contributed by atoms with E-state index in [0.29, 0.717) is 16.6 Å². The third-order valence-electron chi connectivity index (χ3n) is 5.32. The van der Waals surface area contributed by atoms with Crippen molar-refractivity contribution >= 4 is 23.6 Å². The molecule has 29 heavy (non-hydrogen) atoms. The minimum absolute atomic E-state index is 0.0513. The number of hydrogen-bond donors (Lipinski definition) is 1. The highest BCUT2D eigenvalue weighted by Crippen LogP contribution is 2.32. The van der Waals surface area contributed by atoms with Gasteiger partial charge in [0.2, 0.25) is 0 Å². The van der Waals surface area contributed by atoms with Gasteiger partial charge in [-0.05, 0) is 92.8 Å². The number of phenolic OH excluding ortho intramolecular Hbond substituents is 1. The molecule has 0 bridgehead atoms. The molecule has 1 unspecified atom stereocenters. The summed E-state index contributed by atoms with van der Waals surface area (Å²) in [6.45, 7) is 5.81. The van der Waals surface area contributed by atoms with E-state index in [1.54, 1.807) is 12.2 Å². The molecule has 2 aromatic rings. The van der Waals surface area contributed by atoms with Gasteiger partial charge in [-0.3, -0.25) is 4.79 Å². The molecule has 0 amide bonds. The maximum atomic E-state index is 12.5. The summed E-state index contributed by atoms with van der Waals surface area (Å²) in [5.74, 6) is 1.05. The fourth-order valence-electron chi connectivity index (χ4n) is 3.74. The van der Waals surface area contributed by atoms with Gasteiger partial charge in [-0.2, -0.15) is 0 Å². The van der Waals surface area contributed by atoms with Crippen LogP contribution in [-0.2, 0) is 0 Å². The molecule has 1 aliphatic carbocycles. The van der Waals surface area contributed by atoms with E-state index in [9.17, 15) is 9.90 Å². The molecule has 0 aliphatic heterocycles. The van der Waals surface area contributed by atoms with E-state index in [1.807, 2.05) is 62.0 Å². The number of rotatable bonds is 7. The van der Waals surface area contributed by atoms with E-state index in [0.717, 1.165) is 22.4 Å². The second-order valence-electron chi connectivity index (χ2n) is 7.81. The van der Waals surface area contributed by atoms with Crippen LogP contribution in [0.15, 0.2) is 42.5 Å². The van der Waals surface area contributed by atoms with Crippen LogP contribution in [-0.4, -0.2) is 21.6 Å². The van der Waals surface area contributed by atoms with Crippen molar-refractivity contribution in [2.75, 3.05) is 0 Å². The van der Waals surface area contributed by atoms with Crippen LogP contribution in [0.3, 0.4) is 0 Å². The molecule has 1 saturated carbocycles. The number of ketones is 1. The first-order valence-corrected chi connectivity index (χ1v) is 11.3. The van der Waals surface area contributed by atoms with Gasteiger partial charge in [0, 0.05) is 10.8 Å². The first-order valence-electron chi connectivity index (χ1n) is 10.4. The van der Waals surface area contributed by atoms with Crippen molar-refractivity contribution < 1.29 is 14.6 Å². The van der Waals surface area contributed by atoms with Crippen molar-refractivity contribution in [3.05, 3.63) is 64.7 Å². The molecule has 1 N–H and O–H groups in total. The number of benzene rings is 2. The van der Waals surface area contributed by atoms with Crippen LogP contribution in [0.1, 0.15) is 66.1 Å². The van der Waals surface area contributed by atoms with Gasteiger partial charge in [-0.25, -0.2) is 0 Å². The number of carbonyl (C=O) groups is 1. The minimum Gasteiger partial charge on any atom is -0.507 e. The number of allylic oxidation sites excluding steroid dienone is 1. The Labute approximate surface area is 178 Å². The normalized spacial score (nSPS) is 16.1. The number of thioether (sulfide) groups is 1. The molecule has 4 heteroatoms. The molecule has 3 rings (SSSR count). The third-order valence-corrected chi connectivity index (χ3v) is 6.65. The number of ether oxygens (including phenoxy) is 1. The molecule has 0 spiro atoms. The Hall–Kier alpha value is -2.20. The summed E-state index contributed by atoms with van der Waals surface area (Å²) in [5.41, 5.74) is 3.26. The maximum Gasteiger partial charge on any atom is 0.185 e. The second-order valence-corrected chi connectivity index (χ2v) is 9.41. The summed E-state index contributed by atoms with van der Waals surface area (Å²) in [6, 6.07) is 11.1. The van der Waals surface area contributed by atoms with Crippen molar-refractivity contribution in [2.24, 2.45) is 0 Å². The Morgan fingerprint density at radius 1 is 1.10 bits per heavy atom. The molecular formula is C25H30O3S. The number of aromatic hydroxyl groups is 1. The van der Waals surface area contributed by atoms with E-state index in [4.69, 9.17) is 4.74 Å². The number of aryl methyl sites for hydroxylation is 2. The summed E-state index contributed by atoms with van der Waals surface area (Å²) in [5, 5.41) is 10.6.